The van der Waals surface area contributed by atoms with E-state index < -0.39 is 0 Å². The summed E-state index contributed by atoms with van der Waals surface area (Å²) in [6.45, 7) is 1.63. The number of carbonyl (C=O) groups is 2. The molecule has 2 rings (SSSR count). The average Bonchev–Trinajstić information content (AvgIpc) is 3.20. The van der Waals surface area contributed by atoms with E-state index >= 15 is 0 Å². The zero-order valence-corrected chi connectivity index (χ0v) is 11.4. The van der Waals surface area contributed by atoms with E-state index in [0.717, 1.165) is 18.4 Å². The number of hydrogen-bond acceptors (Lipinski definition) is 3. The van der Waals surface area contributed by atoms with Crippen LogP contribution in [-0.4, -0.2) is 18.5 Å². The Morgan fingerprint density at radius 1 is 1.47 bits per heavy atom. The van der Waals surface area contributed by atoms with Crippen molar-refractivity contribution in [3.63, 3.8) is 0 Å². The van der Waals surface area contributed by atoms with E-state index in [1.54, 1.807) is 12.1 Å². The Labute approximate surface area is 117 Å². The van der Waals surface area contributed by atoms with E-state index in [9.17, 15) is 9.59 Å². The van der Waals surface area contributed by atoms with Crippen molar-refractivity contribution in [2.24, 2.45) is 5.92 Å². The quantitative estimate of drug-likeness (QED) is 0.844. The van der Waals surface area contributed by atoms with Crippen LogP contribution in [0.15, 0.2) is 24.3 Å². The number of nitrogens with one attached hydrogen (secondary N) is 1. The molecule has 4 nitrogen and oxygen atoms in total. The Morgan fingerprint density at radius 2 is 2.21 bits per heavy atom. The molecule has 0 saturated heterocycles. The number of halogens is 1. The first-order chi connectivity index (χ1) is 9.06. The lowest BCUT2D eigenvalue weighted by Gasteiger charge is -2.14. The molecule has 1 aromatic rings. The van der Waals surface area contributed by atoms with Gasteiger partial charge in [0.2, 0.25) is 0 Å². The first kappa shape index (κ1) is 13.9. The fraction of sp³-hybridized carbons (Fsp3) is 0.429. The number of ether oxygens (including phenoxy) is 1. The standard InChI is InChI=1S/C14H16ClNO3/c1-9(11-3-2-4-12(15)7-11)16-13(17)8-19-14(18)10-5-6-10/h2-4,7,9-10H,5-6,8H2,1H3,(H,16,17)/t9-/m1/s1. The minimum Gasteiger partial charge on any atom is -0.455 e. The van der Waals surface area contributed by atoms with E-state index in [1.807, 2.05) is 19.1 Å². The van der Waals surface area contributed by atoms with Gasteiger partial charge in [-0.2, -0.15) is 0 Å². The lowest BCUT2D eigenvalue weighted by molar-refractivity contribution is -0.150. The number of carbonyl (C=O) groups excluding carboxylic acids is 2. The molecule has 0 unspecified atom stereocenters. The minimum absolute atomic E-state index is 0.0122. The fourth-order valence-electron chi connectivity index (χ4n) is 1.72. The molecule has 1 aliphatic rings. The summed E-state index contributed by atoms with van der Waals surface area (Å²) in [6.07, 6.45) is 1.75. The molecule has 1 N–H and O–H groups in total. The van der Waals surface area contributed by atoms with Gasteiger partial charge in [0, 0.05) is 5.02 Å². The van der Waals surface area contributed by atoms with Gasteiger partial charge in [-0.3, -0.25) is 9.59 Å². The highest BCUT2D eigenvalue weighted by Gasteiger charge is 2.31. The third-order valence-electron chi connectivity index (χ3n) is 2.98. The minimum atomic E-state index is -0.304. The molecule has 0 spiro atoms. The summed E-state index contributed by atoms with van der Waals surface area (Å²) in [5.74, 6) is -0.565. The molecule has 1 aromatic carbocycles. The van der Waals surface area contributed by atoms with Crippen molar-refractivity contribution in [3.8, 4) is 0 Å². The van der Waals surface area contributed by atoms with Gasteiger partial charge >= 0.3 is 5.97 Å². The Hall–Kier alpha value is -1.55. The third-order valence-corrected chi connectivity index (χ3v) is 3.22. The number of esters is 1. The van der Waals surface area contributed by atoms with Gasteiger partial charge in [0.05, 0.1) is 12.0 Å². The van der Waals surface area contributed by atoms with Crippen LogP contribution in [0.4, 0.5) is 0 Å². The summed E-state index contributed by atoms with van der Waals surface area (Å²) in [4.78, 5) is 22.9. The lowest BCUT2D eigenvalue weighted by Crippen LogP contribution is -2.31. The summed E-state index contributed by atoms with van der Waals surface area (Å²) in [5.41, 5.74) is 0.911. The summed E-state index contributed by atoms with van der Waals surface area (Å²) in [5, 5.41) is 3.39. The van der Waals surface area contributed by atoms with Gasteiger partial charge in [-0.25, -0.2) is 0 Å². The number of rotatable bonds is 5. The second kappa shape index (κ2) is 6.06. The van der Waals surface area contributed by atoms with Gasteiger partial charge in [-0.15, -0.1) is 0 Å². The largest absolute Gasteiger partial charge is 0.455 e. The van der Waals surface area contributed by atoms with Crippen LogP contribution in [0, 0.1) is 5.92 Å². The molecule has 1 amide bonds. The van der Waals surface area contributed by atoms with E-state index in [1.165, 1.54) is 0 Å². The van der Waals surface area contributed by atoms with Crippen LogP contribution in [0.5, 0.6) is 0 Å². The van der Waals surface area contributed by atoms with Gasteiger partial charge in [0.25, 0.3) is 5.91 Å². The average molecular weight is 282 g/mol. The van der Waals surface area contributed by atoms with Crippen molar-refractivity contribution in [2.75, 3.05) is 6.61 Å². The highest BCUT2D eigenvalue weighted by Crippen LogP contribution is 2.29. The molecular formula is C14H16ClNO3. The smallest absolute Gasteiger partial charge is 0.309 e. The van der Waals surface area contributed by atoms with Crippen molar-refractivity contribution >= 4 is 23.5 Å². The molecule has 0 bridgehead atoms. The summed E-state index contributed by atoms with van der Waals surface area (Å²) in [7, 11) is 0. The lowest BCUT2D eigenvalue weighted by atomic mass is 10.1. The van der Waals surface area contributed by atoms with Crippen molar-refractivity contribution in [1.82, 2.24) is 5.32 Å². The Morgan fingerprint density at radius 3 is 2.84 bits per heavy atom. The maximum atomic E-state index is 11.6. The predicted octanol–water partition coefficient (Wildman–Crippen LogP) is 2.47. The highest BCUT2D eigenvalue weighted by atomic mass is 35.5. The molecule has 1 aliphatic carbocycles. The van der Waals surface area contributed by atoms with Crippen LogP contribution >= 0.6 is 11.6 Å². The van der Waals surface area contributed by atoms with Gasteiger partial charge in [0.1, 0.15) is 0 Å². The molecule has 102 valence electrons. The van der Waals surface area contributed by atoms with Crippen LogP contribution in [0.3, 0.4) is 0 Å². The Bertz CT molecular complexity index is 485. The van der Waals surface area contributed by atoms with Gasteiger partial charge in [-0.1, -0.05) is 23.7 Å². The van der Waals surface area contributed by atoms with Crippen molar-refractivity contribution in [1.29, 1.82) is 0 Å². The van der Waals surface area contributed by atoms with Crippen LogP contribution in [0.2, 0.25) is 5.02 Å². The van der Waals surface area contributed by atoms with Crippen molar-refractivity contribution in [3.05, 3.63) is 34.9 Å². The molecule has 0 heterocycles. The monoisotopic (exact) mass is 281 g/mol. The van der Waals surface area contributed by atoms with Crippen molar-refractivity contribution < 1.29 is 14.3 Å². The maximum absolute atomic E-state index is 11.6. The van der Waals surface area contributed by atoms with Crippen LogP contribution < -0.4 is 5.32 Å². The zero-order chi connectivity index (χ0) is 13.8. The van der Waals surface area contributed by atoms with E-state index in [0.29, 0.717) is 5.02 Å². The Kier molecular flexibility index (Phi) is 4.43. The normalized spacial score (nSPS) is 15.7. The number of benzene rings is 1. The first-order valence-electron chi connectivity index (χ1n) is 6.27. The van der Waals surface area contributed by atoms with Gasteiger partial charge in [-0.05, 0) is 37.5 Å². The maximum Gasteiger partial charge on any atom is 0.309 e. The van der Waals surface area contributed by atoms with Crippen LogP contribution in [0.1, 0.15) is 31.4 Å². The summed E-state index contributed by atoms with van der Waals surface area (Å²) in [6, 6.07) is 7.10. The van der Waals surface area contributed by atoms with Crippen LogP contribution in [0.25, 0.3) is 0 Å². The van der Waals surface area contributed by atoms with E-state index in [-0.39, 0.29) is 30.4 Å². The molecule has 0 radical (unpaired) electrons. The third kappa shape index (κ3) is 4.24. The van der Waals surface area contributed by atoms with E-state index in [4.69, 9.17) is 16.3 Å². The molecule has 1 fully saturated rings. The molecule has 1 atom stereocenters. The highest BCUT2D eigenvalue weighted by molar-refractivity contribution is 6.30. The number of hydrogen-bond donors (Lipinski definition) is 1. The molecular weight excluding hydrogens is 266 g/mol. The van der Waals surface area contributed by atoms with Crippen LogP contribution in [-0.2, 0) is 14.3 Å². The topological polar surface area (TPSA) is 55.4 Å². The molecule has 0 aliphatic heterocycles. The first-order valence-corrected chi connectivity index (χ1v) is 6.65. The second-order valence-corrected chi connectivity index (χ2v) is 5.16. The van der Waals surface area contributed by atoms with E-state index in [2.05, 4.69) is 5.32 Å². The van der Waals surface area contributed by atoms with Crippen molar-refractivity contribution in [2.45, 2.75) is 25.8 Å². The fourth-order valence-corrected chi connectivity index (χ4v) is 1.91. The number of amides is 1. The predicted molar refractivity (Wildman–Crippen MR) is 71.7 cm³/mol. The zero-order valence-electron chi connectivity index (χ0n) is 10.7. The summed E-state index contributed by atoms with van der Waals surface area (Å²) >= 11 is 5.89. The Balaban J connectivity index is 1.79. The van der Waals surface area contributed by atoms with Gasteiger partial charge in [0.15, 0.2) is 6.61 Å². The second-order valence-electron chi connectivity index (χ2n) is 4.73. The summed E-state index contributed by atoms with van der Waals surface area (Å²) < 4.78 is 4.91. The molecule has 5 heteroatoms. The molecule has 0 aromatic heterocycles. The SMILES string of the molecule is C[C@@H](NC(=O)COC(=O)C1CC1)c1cccc(Cl)c1. The molecule has 1 saturated carbocycles. The molecule has 19 heavy (non-hydrogen) atoms. The van der Waals surface area contributed by atoms with Gasteiger partial charge < -0.3 is 10.1 Å².